The van der Waals surface area contributed by atoms with Crippen molar-refractivity contribution < 1.29 is 14.3 Å². The van der Waals surface area contributed by atoms with Crippen LogP contribution >= 0.6 is 11.8 Å². The molecule has 0 bridgehead atoms. The Hall–Kier alpha value is -3.93. The molecule has 12 heteroatoms. The number of aromatic nitrogens is 3. The molecular formula is C21H26N8O3S. The van der Waals surface area contributed by atoms with Crippen molar-refractivity contribution in [3.05, 3.63) is 48.0 Å². The van der Waals surface area contributed by atoms with E-state index in [1.807, 2.05) is 43.3 Å². The van der Waals surface area contributed by atoms with Crippen LogP contribution in [0, 0.1) is 0 Å². The van der Waals surface area contributed by atoms with Crippen molar-refractivity contribution in [1.82, 2.24) is 14.9 Å². The second kappa shape index (κ2) is 11.1. The maximum atomic E-state index is 12.3. The molecule has 0 aliphatic heterocycles. The summed E-state index contributed by atoms with van der Waals surface area (Å²) in [6, 6.07) is 13.0. The predicted molar refractivity (Wildman–Crippen MR) is 131 cm³/mol. The summed E-state index contributed by atoms with van der Waals surface area (Å²) in [7, 11) is 7.04. The molecule has 0 aliphatic carbocycles. The Morgan fingerprint density at radius 2 is 1.82 bits per heavy atom. The van der Waals surface area contributed by atoms with E-state index < -0.39 is 0 Å². The van der Waals surface area contributed by atoms with Crippen molar-refractivity contribution in [3.63, 3.8) is 0 Å². The summed E-state index contributed by atoms with van der Waals surface area (Å²) in [4.78, 5) is 14.4. The van der Waals surface area contributed by atoms with Gasteiger partial charge < -0.3 is 25.5 Å². The summed E-state index contributed by atoms with van der Waals surface area (Å²) in [6.45, 7) is 0. The Bertz CT molecular complexity index is 1090. The van der Waals surface area contributed by atoms with Gasteiger partial charge in [-0.1, -0.05) is 23.9 Å². The third-order valence-corrected chi connectivity index (χ3v) is 5.36. The molecule has 33 heavy (non-hydrogen) atoms. The molecule has 0 spiro atoms. The maximum Gasteiger partial charge on any atom is 0.264 e. The second-order valence-electron chi connectivity index (χ2n) is 6.97. The molecule has 11 nitrogen and oxygen atoms in total. The number of methoxy groups -OCH3 is 2. The normalized spacial score (nSPS) is 10.8. The van der Waals surface area contributed by atoms with Gasteiger partial charge in [0.2, 0.25) is 11.1 Å². The summed E-state index contributed by atoms with van der Waals surface area (Å²) in [6.07, 6.45) is 1.65. The third-order valence-electron chi connectivity index (χ3n) is 4.42. The van der Waals surface area contributed by atoms with Crippen LogP contribution in [0.25, 0.3) is 0 Å². The molecule has 3 aromatic rings. The highest BCUT2D eigenvalue weighted by Crippen LogP contribution is 2.26. The number of nitrogens with one attached hydrogen (secondary N) is 2. The van der Waals surface area contributed by atoms with E-state index >= 15 is 0 Å². The first-order valence-electron chi connectivity index (χ1n) is 9.82. The molecule has 0 saturated heterocycles. The highest BCUT2D eigenvalue weighted by molar-refractivity contribution is 7.99. The van der Waals surface area contributed by atoms with Crippen molar-refractivity contribution in [3.8, 4) is 11.5 Å². The van der Waals surface area contributed by atoms with E-state index in [-0.39, 0.29) is 17.6 Å². The Morgan fingerprint density at radius 1 is 1.15 bits per heavy atom. The number of hydrazone groups is 1. The molecule has 1 heterocycles. The van der Waals surface area contributed by atoms with Crippen LogP contribution in [-0.4, -0.2) is 61.1 Å². The fraction of sp³-hybridized carbons (Fsp3) is 0.238. The van der Waals surface area contributed by atoms with E-state index in [4.69, 9.17) is 15.3 Å². The monoisotopic (exact) mass is 470 g/mol. The first-order chi connectivity index (χ1) is 15.9. The van der Waals surface area contributed by atoms with Crippen LogP contribution in [0.4, 0.5) is 17.3 Å². The Balaban J connectivity index is 1.54. The summed E-state index contributed by atoms with van der Waals surface area (Å²) in [5, 5.41) is 15.3. The number of hydrogen-bond donors (Lipinski definition) is 3. The lowest BCUT2D eigenvalue weighted by Crippen LogP contribution is -2.17. The number of carbonyl (C=O) groups excluding carboxylic acids is 1. The number of carbonyl (C=O) groups is 1. The van der Waals surface area contributed by atoms with E-state index in [1.54, 1.807) is 38.6 Å². The van der Waals surface area contributed by atoms with Gasteiger partial charge in [0.15, 0.2) is 0 Å². The van der Waals surface area contributed by atoms with Crippen LogP contribution in [0.5, 0.6) is 11.5 Å². The number of benzene rings is 2. The van der Waals surface area contributed by atoms with Gasteiger partial charge >= 0.3 is 0 Å². The summed E-state index contributed by atoms with van der Waals surface area (Å²) < 4.78 is 11.6. The zero-order valence-corrected chi connectivity index (χ0v) is 19.6. The number of nitrogen functional groups attached to an aromatic ring is 1. The quantitative estimate of drug-likeness (QED) is 0.177. The average molecular weight is 471 g/mol. The van der Waals surface area contributed by atoms with Crippen LogP contribution in [0.15, 0.2) is 52.7 Å². The molecule has 1 aromatic heterocycles. The van der Waals surface area contributed by atoms with Crippen LogP contribution in [-0.2, 0) is 4.79 Å². The standard InChI is InChI=1S/C21H26N8O3S/c1-28(2)16-7-5-14(6-8-16)12-23-25-20-26-27-21(29(20)22)33-13-19(30)24-15-9-17(31-3)11-18(10-15)32-4/h5-12H,13,22H2,1-4H3,(H,24,30)(H,25,26)/b23-12+. The number of ether oxygens (including phenoxy) is 2. The topological polar surface area (TPSA) is 132 Å². The molecule has 0 unspecified atom stereocenters. The van der Waals surface area contributed by atoms with Crippen molar-refractivity contribution in [2.75, 3.05) is 55.6 Å². The molecule has 1 amide bonds. The number of rotatable bonds is 10. The summed E-state index contributed by atoms with van der Waals surface area (Å²) in [5.41, 5.74) is 5.32. The number of anilines is 3. The molecule has 3 rings (SSSR count). The summed E-state index contributed by atoms with van der Waals surface area (Å²) >= 11 is 1.14. The lowest BCUT2D eigenvalue weighted by molar-refractivity contribution is -0.113. The highest BCUT2D eigenvalue weighted by atomic mass is 32.2. The van der Waals surface area contributed by atoms with Gasteiger partial charge in [0.1, 0.15) is 11.5 Å². The maximum absolute atomic E-state index is 12.3. The number of nitrogens with two attached hydrogens (primary N) is 1. The van der Waals surface area contributed by atoms with Crippen LogP contribution < -0.4 is 31.0 Å². The molecule has 0 fully saturated rings. The largest absolute Gasteiger partial charge is 0.497 e. The third kappa shape index (κ3) is 6.53. The van der Waals surface area contributed by atoms with Gasteiger partial charge in [-0.3, -0.25) is 4.79 Å². The van der Waals surface area contributed by atoms with Gasteiger partial charge in [-0.05, 0) is 17.7 Å². The van der Waals surface area contributed by atoms with Crippen LogP contribution in [0.3, 0.4) is 0 Å². The fourth-order valence-electron chi connectivity index (χ4n) is 2.68. The number of nitrogens with zero attached hydrogens (tertiary/aromatic N) is 5. The lowest BCUT2D eigenvalue weighted by atomic mass is 10.2. The highest BCUT2D eigenvalue weighted by Gasteiger charge is 2.13. The van der Waals surface area contributed by atoms with Gasteiger partial charge in [-0.2, -0.15) is 5.10 Å². The van der Waals surface area contributed by atoms with Crippen LogP contribution in [0.1, 0.15) is 5.56 Å². The minimum absolute atomic E-state index is 0.0797. The van der Waals surface area contributed by atoms with E-state index in [9.17, 15) is 4.79 Å². The van der Waals surface area contributed by atoms with E-state index in [1.165, 1.54) is 4.68 Å². The van der Waals surface area contributed by atoms with E-state index in [0.29, 0.717) is 22.3 Å². The van der Waals surface area contributed by atoms with Gasteiger partial charge in [0.05, 0.1) is 26.2 Å². The van der Waals surface area contributed by atoms with Gasteiger partial charge in [0, 0.05) is 43.7 Å². The van der Waals surface area contributed by atoms with E-state index in [0.717, 1.165) is 23.0 Å². The number of thioether (sulfide) groups is 1. The number of amides is 1. The Labute approximate surface area is 195 Å². The summed E-state index contributed by atoms with van der Waals surface area (Å²) in [5.74, 6) is 7.24. The molecule has 4 N–H and O–H groups in total. The Morgan fingerprint density at radius 3 is 2.42 bits per heavy atom. The SMILES string of the molecule is COc1cc(NC(=O)CSc2nnc(N/N=C/c3ccc(N(C)C)cc3)n2N)cc(OC)c1. The zero-order chi connectivity index (χ0) is 23.8. The second-order valence-corrected chi connectivity index (χ2v) is 7.91. The van der Waals surface area contributed by atoms with Crippen molar-refractivity contribution in [2.45, 2.75) is 5.16 Å². The van der Waals surface area contributed by atoms with Crippen molar-refractivity contribution in [1.29, 1.82) is 0 Å². The molecule has 0 atom stereocenters. The average Bonchev–Trinajstić information content (AvgIpc) is 3.17. The first kappa shape index (κ1) is 23.7. The van der Waals surface area contributed by atoms with Crippen molar-refractivity contribution >= 4 is 41.2 Å². The lowest BCUT2D eigenvalue weighted by Gasteiger charge is -2.11. The smallest absolute Gasteiger partial charge is 0.264 e. The number of hydrogen-bond acceptors (Lipinski definition) is 10. The molecular weight excluding hydrogens is 444 g/mol. The van der Waals surface area contributed by atoms with E-state index in [2.05, 4.69) is 26.0 Å². The Kier molecular flexibility index (Phi) is 7.97. The minimum atomic E-state index is -0.244. The zero-order valence-electron chi connectivity index (χ0n) is 18.8. The molecule has 0 aliphatic rings. The molecule has 0 saturated carbocycles. The van der Waals surface area contributed by atoms with Crippen LogP contribution in [0.2, 0.25) is 0 Å². The predicted octanol–water partition coefficient (Wildman–Crippen LogP) is 2.25. The molecule has 0 radical (unpaired) electrons. The fourth-order valence-corrected chi connectivity index (χ4v) is 3.34. The van der Waals surface area contributed by atoms with Gasteiger partial charge in [0.25, 0.3) is 5.95 Å². The minimum Gasteiger partial charge on any atom is -0.497 e. The molecule has 174 valence electrons. The van der Waals surface area contributed by atoms with Gasteiger partial charge in [-0.25, -0.2) is 10.1 Å². The molecule has 2 aromatic carbocycles. The first-order valence-corrected chi connectivity index (χ1v) is 10.8. The van der Waals surface area contributed by atoms with Gasteiger partial charge in [-0.15, -0.1) is 10.2 Å². The van der Waals surface area contributed by atoms with Crippen molar-refractivity contribution in [2.24, 2.45) is 5.10 Å².